The van der Waals surface area contributed by atoms with Gasteiger partial charge in [-0.3, -0.25) is 5.32 Å². The van der Waals surface area contributed by atoms with Gasteiger partial charge in [0.2, 0.25) is 6.04 Å². The molecule has 1 atom stereocenters. The van der Waals surface area contributed by atoms with Gasteiger partial charge in [-0.2, -0.15) is 0 Å². The van der Waals surface area contributed by atoms with Crippen LogP contribution in [0.1, 0.15) is 50.0 Å². The Morgan fingerprint density at radius 2 is 1.70 bits per heavy atom. The molecule has 9 nitrogen and oxygen atoms in total. The smallest absolute Gasteiger partial charge is 0.350 e. The van der Waals surface area contributed by atoms with Crippen molar-refractivity contribution >= 4 is 40.1 Å². The van der Waals surface area contributed by atoms with Gasteiger partial charge in [-0.25, -0.2) is 19.4 Å². The van der Waals surface area contributed by atoms with E-state index in [9.17, 15) is 14.4 Å². The topological polar surface area (TPSA) is 107 Å². The molecule has 0 spiro atoms. The predicted molar refractivity (Wildman–Crippen MR) is 126 cm³/mol. The van der Waals surface area contributed by atoms with Gasteiger partial charge in [0.15, 0.2) is 5.13 Å². The van der Waals surface area contributed by atoms with Gasteiger partial charge in [-0.15, -0.1) is 0 Å². The fraction of sp³-hybridized carbons (Fsp3) is 0.478. The van der Waals surface area contributed by atoms with Crippen LogP contribution in [0, 0.1) is 0 Å². The lowest BCUT2D eigenvalue weighted by Crippen LogP contribution is -2.47. The largest absolute Gasteiger partial charge is 0.464 e. The first-order valence-corrected chi connectivity index (χ1v) is 11.5. The minimum absolute atomic E-state index is 0.0456. The number of carbonyl (C=O) groups is 3. The van der Waals surface area contributed by atoms with Gasteiger partial charge in [-0.05, 0) is 46.8 Å². The van der Waals surface area contributed by atoms with Crippen molar-refractivity contribution < 1.29 is 28.6 Å². The number of hydrogen-bond acceptors (Lipinski definition) is 10. The molecular weight excluding hydrogens is 446 g/mol. The van der Waals surface area contributed by atoms with Crippen LogP contribution in [-0.2, 0) is 30.3 Å². The normalized spacial score (nSPS) is 12.1. The highest BCUT2D eigenvalue weighted by molar-refractivity contribution is 7.17. The van der Waals surface area contributed by atoms with Gasteiger partial charge in [-0.1, -0.05) is 29.5 Å². The number of hydrogen-bond donors (Lipinski definition) is 1. The fourth-order valence-electron chi connectivity index (χ4n) is 2.77. The Hall–Kier alpha value is -2.98. The number of para-hydroxylation sites is 1. The van der Waals surface area contributed by atoms with Gasteiger partial charge in [0.1, 0.15) is 10.5 Å². The summed E-state index contributed by atoms with van der Waals surface area (Å²) in [6.07, 6.45) is 0. The number of nitrogens with one attached hydrogen (secondary N) is 1. The molecule has 2 rings (SSSR count). The average Bonchev–Trinajstić information content (AvgIpc) is 3.17. The number of nitrogens with zero attached hydrogens (tertiary/aromatic N) is 2. The molecule has 0 fully saturated rings. The first-order valence-electron chi connectivity index (χ1n) is 10.7. The molecule has 0 aliphatic rings. The van der Waals surface area contributed by atoms with E-state index in [-0.39, 0.29) is 24.6 Å². The Kier molecular flexibility index (Phi) is 9.36. The minimum Gasteiger partial charge on any atom is -0.464 e. The van der Waals surface area contributed by atoms with Crippen LogP contribution in [-0.4, -0.2) is 54.8 Å². The number of anilines is 2. The van der Waals surface area contributed by atoms with E-state index < -0.39 is 29.6 Å². The molecule has 0 aliphatic carbocycles. The maximum atomic E-state index is 12.6. The van der Waals surface area contributed by atoms with Crippen molar-refractivity contribution in [3.63, 3.8) is 0 Å². The van der Waals surface area contributed by atoms with E-state index in [0.717, 1.165) is 5.69 Å². The van der Waals surface area contributed by atoms with Crippen LogP contribution in [0.4, 0.5) is 10.8 Å². The van der Waals surface area contributed by atoms with Crippen LogP contribution in [0.25, 0.3) is 0 Å². The van der Waals surface area contributed by atoms with Crippen LogP contribution in [0.2, 0.25) is 0 Å². The Bertz CT molecular complexity index is 955. The molecule has 1 unspecified atom stereocenters. The van der Waals surface area contributed by atoms with Crippen molar-refractivity contribution in [3.8, 4) is 0 Å². The summed E-state index contributed by atoms with van der Waals surface area (Å²) >= 11 is 1.17. The highest BCUT2D eigenvalue weighted by Crippen LogP contribution is 2.31. The zero-order chi connectivity index (χ0) is 24.6. The Labute approximate surface area is 198 Å². The standard InChI is InChI=1S/C23H31N3O6S/c1-7-30-19(27)17(20(28)32-23(3,4)5)24-14-16-18(21(29)31-8-2)33-22(25-16)26(6)15-12-10-9-11-13-15/h9-13,17,24H,7-8,14H2,1-6H3. The Balaban J connectivity index is 2.31. The molecule has 2 aromatic rings. The monoisotopic (exact) mass is 477 g/mol. The molecule has 33 heavy (non-hydrogen) atoms. The summed E-state index contributed by atoms with van der Waals surface area (Å²) < 4.78 is 15.6. The summed E-state index contributed by atoms with van der Waals surface area (Å²) in [5, 5.41) is 3.40. The molecule has 1 aromatic heterocycles. The van der Waals surface area contributed by atoms with E-state index in [0.29, 0.717) is 10.8 Å². The fourth-order valence-corrected chi connectivity index (χ4v) is 3.73. The minimum atomic E-state index is -1.36. The summed E-state index contributed by atoms with van der Waals surface area (Å²) in [6.45, 7) is 8.75. The lowest BCUT2D eigenvalue weighted by atomic mass is 10.2. The predicted octanol–water partition coefficient (Wildman–Crippen LogP) is 3.45. The zero-order valence-corrected chi connectivity index (χ0v) is 20.7. The van der Waals surface area contributed by atoms with Crippen LogP contribution in [0.15, 0.2) is 30.3 Å². The third-order valence-corrected chi connectivity index (χ3v) is 5.37. The van der Waals surface area contributed by atoms with Gasteiger partial charge in [0.25, 0.3) is 0 Å². The second-order valence-corrected chi connectivity index (χ2v) is 8.96. The van der Waals surface area contributed by atoms with Gasteiger partial charge in [0, 0.05) is 19.3 Å². The highest BCUT2D eigenvalue weighted by Gasteiger charge is 2.33. The third-order valence-electron chi connectivity index (χ3n) is 4.22. The van der Waals surface area contributed by atoms with Gasteiger partial charge < -0.3 is 19.1 Å². The van der Waals surface area contributed by atoms with Gasteiger partial charge in [0.05, 0.1) is 18.9 Å². The van der Waals surface area contributed by atoms with E-state index in [1.807, 2.05) is 42.3 Å². The van der Waals surface area contributed by atoms with Crippen molar-refractivity contribution in [1.29, 1.82) is 0 Å². The molecule has 0 bridgehead atoms. The molecular formula is C23H31N3O6S. The average molecular weight is 478 g/mol. The number of rotatable bonds is 10. The first-order chi connectivity index (χ1) is 15.6. The second-order valence-electron chi connectivity index (χ2n) is 7.99. The molecule has 0 radical (unpaired) electrons. The summed E-state index contributed by atoms with van der Waals surface area (Å²) in [7, 11) is 1.84. The van der Waals surface area contributed by atoms with E-state index in [2.05, 4.69) is 10.3 Å². The SMILES string of the molecule is CCOC(=O)c1sc(N(C)c2ccccc2)nc1CNC(C(=O)OCC)C(=O)OC(C)(C)C. The molecule has 1 heterocycles. The van der Waals surface area contributed by atoms with Crippen LogP contribution < -0.4 is 10.2 Å². The third kappa shape index (κ3) is 7.54. The van der Waals surface area contributed by atoms with Crippen molar-refractivity contribution in [2.24, 2.45) is 0 Å². The van der Waals surface area contributed by atoms with Crippen LogP contribution in [0.3, 0.4) is 0 Å². The summed E-state index contributed by atoms with van der Waals surface area (Å²) in [4.78, 5) is 44.3. The number of esters is 3. The van der Waals surface area contributed by atoms with Crippen molar-refractivity contribution in [1.82, 2.24) is 10.3 Å². The summed E-state index contributed by atoms with van der Waals surface area (Å²) in [5.41, 5.74) is 0.458. The van der Waals surface area contributed by atoms with Gasteiger partial charge >= 0.3 is 17.9 Å². The van der Waals surface area contributed by atoms with Crippen molar-refractivity contribution in [2.75, 3.05) is 25.2 Å². The first kappa shape index (κ1) is 26.3. The number of thiazole rings is 1. The van der Waals surface area contributed by atoms with Crippen LogP contribution in [0.5, 0.6) is 0 Å². The lowest BCUT2D eigenvalue weighted by molar-refractivity contribution is -0.165. The summed E-state index contributed by atoms with van der Waals surface area (Å²) in [5.74, 6) is -2.05. The number of carbonyl (C=O) groups excluding carboxylic acids is 3. The maximum Gasteiger partial charge on any atom is 0.350 e. The highest BCUT2D eigenvalue weighted by atomic mass is 32.1. The van der Waals surface area contributed by atoms with E-state index in [1.54, 1.807) is 34.6 Å². The van der Waals surface area contributed by atoms with E-state index >= 15 is 0 Å². The summed E-state index contributed by atoms with van der Waals surface area (Å²) in [6, 6.07) is 8.18. The van der Waals surface area contributed by atoms with Crippen LogP contribution >= 0.6 is 11.3 Å². The zero-order valence-electron chi connectivity index (χ0n) is 19.8. The second kappa shape index (κ2) is 11.8. The molecule has 0 amide bonds. The van der Waals surface area contributed by atoms with Crippen molar-refractivity contribution in [3.05, 3.63) is 40.9 Å². The molecule has 1 N–H and O–H groups in total. The molecule has 0 aliphatic heterocycles. The van der Waals surface area contributed by atoms with E-state index in [1.165, 1.54) is 11.3 Å². The quantitative estimate of drug-likeness (QED) is 0.313. The Morgan fingerprint density at radius 3 is 2.27 bits per heavy atom. The number of ether oxygens (including phenoxy) is 3. The van der Waals surface area contributed by atoms with Crippen molar-refractivity contribution in [2.45, 2.75) is 52.8 Å². The molecule has 10 heteroatoms. The van der Waals surface area contributed by atoms with E-state index in [4.69, 9.17) is 14.2 Å². The molecule has 0 saturated heterocycles. The molecule has 180 valence electrons. The lowest BCUT2D eigenvalue weighted by Gasteiger charge is -2.23. The Morgan fingerprint density at radius 1 is 1.06 bits per heavy atom. The molecule has 0 saturated carbocycles. The maximum absolute atomic E-state index is 12.6. The number of benzene rings is 1. The molecule has 1 aromatic carbocycles. The number of aromatic nitrogens is 1.